The molecular formula is C23H27N3O3. The molecule has 2 atom stereocenters. The molecule has 152 valence electrons. The number of aromatic hydroxyl groups is 1. The number of hydrogen-bond acceptors (Lipinski definition) is 4. The van der Waals surface area contributed by atoms with Gasteiger partial charge in [0.15, 0.2) is 0 Å². The van der Waals surface area contributed by atoms with Crippen molar-refractivity contribution >= 4 is 21.8 Å². The van der Waals surface area contributed by atoms with Gasteiger partial charge in [-0.25, -0.2) is 0 Å². The predicted octanol–water partition coefficient (Wildman–Crippen LogP) is 2.94. The van der Waals surface area contributed by atoms with Crippen LogP contribution in [-0.4, -0.2) is 63.5 Å². The molecule has 0 aliphatic rings. The topological polar surface area (TPSA) is 95.5 Å². The van der Waals surface area contributed by atoms with Crippen LogP contribution in [0.5, 0.6) is 5.75 Å². The van der Waals surface area contributed by atoms with Gasteiger partial charge in [-0.1, -0.05) is 18.2 Å². The van der Waals surface area contributed by atoms with Crippen molar-refractivity contribution in [1.82, 2.24) is 14.9 Å². The maximum atomic E-state index is 10.8. The molecule has 4 aromatic rings. The number of likely N-dealkylation sites (N-methyl/N-ethyl adjacent to an activating group) is 1. The lowest BCUT2D eigenvalue weighted by molar-refractivity contribution is 0.0816. The Hall–Kier alpha value is -2.80. The monoisotopic (exact) mass is 393 g/mol. The van der Waals surface area contributed by atoms with E-state index < -0.39 is 12.0 Å². The van der Waals surface area contributed by atoms with E-state index in [2.05, 4.69) is 14.9 Å². The van der Waals surface area contributed by atoms with Crippen LogP contribution in [0.3, 0.4) is 0 Å². The number of nitrogens with one attached hydrogen (secondary N) is 2. The summed E-state index contributed by atoms with van der Waals surface area (Å²) in [4.78, 5) is 8.85. The minimum absolute atomic E-state index is 0.209. The Morgan fingerprint density at radius 2 is 1.83 bits per heavy atom. The first-order valence-corrected chi connectivity index (χ1v) is 9.82. The molecule has 6 heteroatoms. The molecule has 0 aliphatic heterocycles. The van der Waals surface area contributed by atoms with Gasteiger partial charge in [-0.15, -0.1) is 0 Å². The molecule has 2 heterocycles. The molecule has 2 aromatic heterocycles. The Morgan fingerprint density at radius 3 is 2.59 bits per heavy atom. The maximum Gasteiger partial charge on any atom is 0.116 e. The molecule has 0 saturated heterocycles. The smallest absolute Gasteiger partial charge is 0.116 e. The van der Waals surface area contributed by atoms with Crippen LogP contribution in [0.25, 0.3) is 21.8 Å². The fourth-order valence-electron chi connectivity index (χ4n) is 4.14. The van der Waals surface area contributed by atoms with E-state index in [9.17, 15) is 15.3 Å². The number of hydrogen-bond donors (Lipinski definition) is 5. The van der Waals surface area contributed by atoms with Crippen molar-refractivity contribution in [1.29, 1.82) is 0 Å². The van der Waals surface area contributed by atoms with Crippen molar-refractivity contribution in [2.24, 2.45) is 0 Å². The highest BCUT2D eigenvalue weighted by Crippen LogP contribution is 2.38. The van der Waals surface area contributed by atoms with Gasteiger partial charge in [0, 0.05) is 40.2 Å². The third kappa shape index (κ3) is 3.62. The summed E-state index contributed by atoms with van der Waals surface area (Å²) in [5.74, 6) is -0.219. The fourth-order valence-corrected chi connectivity index (χ4v) is 4.14. The van der Waals surface area contributed by atoms with Gasteiger partial charge >= 0.3 is 0 Å². The van der Waals surface area contributed by atoms with E-state index in [1.165, 1.54) is 0 Å². The van der Waals surface area contributed by atoms with E-state index in [1.54, 1.807) is 12.1 Å². The van der Waals surface area contributed by atoms with Crippen LogP contribution >= 0.6 is 0 Å². The standard InChI is InChI=1S/C23H27N3O3/c1-26(2)10-9-16-17-11-14(28)7-8-20(17)25-23(16)22(21(29)13-27)18-12-24-19-6-4-3-5-15(18)19/h3-8,11-12,21-22,24-25,27-29H,9-10,13H2,1-2H3/t21-,22+/m1/s1. The Morgan fingerprint density at radius 1 is 1.03 bits per heavy atom. The number of H-pyrrole nitrogens is 2. The number of nitrogens with zero attached hydrogens (tertiary/aromatic N) is 1. The van der Waals surface area contributed by atoms with Crippen LogP contribution in [0, 0.1) is 0 Å². The summed E-state index contributed by atoms with van der Waals surface area (Å²) >= 11 is 0. The quantitative estimate of drug-likeness (QED) is 0.334. The fraction of sp³-hybridized carbons (Fsp3) is 0.304. The molecule has 0 unspecified atom stereocenters. The molecule has 0 radical (unpaired) electrons. The second-order valence-corrected chi connectivity index (χ2v) is 7.82. The van der Waals surface area contributed by atoms with Crippen LogP contribution in [0.4, 0.5) is 0 Å². The lowest BCUT2D eigenvalue weighted by Crippen LogP contribution is -2.25. The van der Waals surface area contributed by atoms with Gasteiger partial charge in [0.1, 0.15) is 5.75 Å². The Labute approximate surface area is 169 Å². The number of benzene rings is 2. The number of aromatic amines is 2. The van der Waals surface area contributed by atoms with Gasteiger partial charge in [-0.3, -0.25) is 0 Å². The average Bonchev–Trinajstić information content (AvgIpc) is 3.28. The van der Waals surface area contributed by atoms with E-state index in [0.717, 1.165) is 51.6 Å². The van der Waals surface area contributed by atoms with Crippen molar-refractivity contribution in [3.05, 3.63) is 65.5 Å². The summed E-state index contributed by atoms with van der Waals surface area (Å²) in [6.07, 6.45) is 1.70. The molecule has 29 heavy (non-hydrogen) atoms. The highest BCUT2D eigenvalue weighted by Gasteiger charge is 2.30. The molecule has 5 N–H and O–H groups in total. The van der Waals surface area contributed by atoms with E-state index in [4.69, 9.17) is 0 Å². The number of aliphatic hydroxyl groups is 2. The second kappa shape index (κ2) is 7.91. The lowest BCUT2D eigenvalue weighted by Gasteiger charge is -2.23. The van der Waals surface area contributed by atoms with Crippen molar-refractivity contribution in [3.63, 3.8) is 0 Å². The van der Waals surface area contributed by atoms with Gasteiger partial charge in [-0.05, 0) is 55.9 Å². The number of rotatable bonds is 7. The number of phenolic OH excluding ortho intramolecular Hbond substituents is 1. The van der Waals surface area contributed by atoms with Crippen molar-refractivity contribution in [2.45, 2.75) is 18.4 Å². The number of para-hydroxylation sites is 1. The van der Waals surface area contributed by atoms with E-state index in [1.807, 2.05) is 50.6 Å². The predicted molar refractivity (Wildman–Crippen MR) is 115 cm³/mol. The van der Waals surface area contributed by atoms with Crippen LogP contribution in [0.1, 0.15) is 22.7 Å². The molecule has 0 saturated carbocycles. The average molecular weight is 393 g/mol. The van der Waals surface area contributed by atoms with Crippen LogP contribution in [0.15, 0.2) is 48.7 Å². The SMILES string of the molecule is CN(C)CCc1c([C@@H](c2c[nH]c3ccccc23)[C@H](O)CO)[nH]c2ccc(O)cc12. The van der Waals surface area contributed by atoms with Gasteiger partial charge in [0.2, 0.25) is 0 Å². The van der Waals surface area contributed by atoms with Crippen LogP contribution < -0.4 is 0 Å². The second-order valence-electron chi connectivity index (χ2n) is 7.82. The first kappa shape index (κ1) is 19.5. The number of fused-ring (bicyclic) bond motifs is 2. The maximum absolute atomic E-state index is 10.8. The third-order valence-corrected chi connectivity index (χ3v) is 5.57. The largest absolute Gasteiger partial charge is 0.508 e. The van der Waals surface area contributed by atoms with Crippen molar-refractivity contribution < 1.29 is 15.3 Å². The molecule has 0 spiro atoms. The zero-order chi connectivity index (χ0) is 20.5. The molecule has 0 aliphatic carbocycles. The molecule has 0 fully saturated rings. The summed E-state index contributed by atoms with van der Waals surface area (Å²) in [5, 5.41) is 32.7. The Balaban J connectivity index is 1.93. The molecule has 2 aromatic carbocycles. The zero-order valence-corrected chi connectivity index (χ0v) is 16.7. The minimum atomic E-state index is -0.964. The van der Waals surface area contributed by atoms with Gasteiger partial charge < -0.3 is 30.2 Å². The van der Waals surface area contributed by atoms with Gasteiger partial charge in [-0.2, -0.15) is 0 Å². The summed E-state index contributed by atoms with van der Waals surface area (Å²) in [7, 11) is 4.04. The Bertz CT molecular complexity index is 1130. The zero-order valence-electron chi connectivity index (χ0n) is 16.7. The van der Waals surface area contributed by atoms with E-state index in [-0.39, 0.29) is 12.4 Å². The third-order valence-electron chi connectivity index (χ3n) is 5.57. The summed E-state index contributed by atoms with van der Waals surface area (Å²) in [6.45, 7) is 0.476. The lowest BCUT2D eigenvalue weighted by atomic mass is 9.87. The van der Waals surface area contributed by atoms with Crippen molar-refractivity contribution in [3.8, 4) is 5.75 Å². The number of phenols is 1. The summed E-state index contributed by atoms with van der Waals surface area (Å²) in [5.41, 5.74) is 4.75. The first-order chi connectivity index (χ1) is 14.0. The molecular weight excluding hydrogens is 366 g/mol. The highest BCUT2D eigenvalue weighted by molar-refractivity contribution is 5.88. The van der Waals surface area contributed by atoms with E-state index >= 15 is 0 Å². The normalized spacial score (nSPS) is 14.1. The number of aromatic nitrogens is 2. The highest BCUT2D eigenvalue weighted by atomic mass is 16.3. The van der Waals surface area contributed by atoms with Gasteiger partial charge in [0.25, 0.3) is 0 Å². The first-order valence-electron chi connectivity index (χ1n) is 9.82. The molecule has 6 nitrogen and oxygen atoms in total. The van der Waals surface area contributed by atoms with Crippen molar-refractivity contribution in [2.75, 3.05) is 27.2 Å². The van der Waals surface area contributed by atoms with Crippen LogP contribution in [0.2, 0.25) is 0 Å². The van der Waals surface area contributed by atoms with Gasteiger partial charge in [0.05, 0.1) is 18.6 Å². The summed E-state index contributed by atoms with van der Waals surface area (Å²) in [6, 6.07) is 13.2. The Kier molecular flexibility index (Phi) is 5.32. The van der Waals surface area contributed by atoms with Crippen LogP contribution in [-0.2, 0) is 6.42 Å². The number of aliphatic hydroxyl groups excluding tert-OH is 2. The molecule has 0 bridgehead atoms. The minimum Gasteiger partial charge on any atom is -0.508 e. The van der Waals surface area contributed by atoms with E-state index in [0.29, 0.717) is 0 Å². The molecule has 0 amide bonds. The molecule has 4 rings (SSSR count). The summed E-state index contributed by atoms with van der Waals surface area (Å²) < 4.78 is 0.